The lowest BCUT2D eigenvalue weighted by Gasteiger charge is -2.21. The maximum atomic E-state index is 10.5. The van der Waals surface area contributed by atoms with Crippen molar-refractivity contribution in [2.45, 2.75) is 24.4 Å². The van der Waals surface area contributed by atoms with E-state index in [4.69, 9.17) is 15.6 Å². The molecule has 3 heterocycles. The Kier molecular flexibility index (Phi) is 2.91. The van der Waals surface area contributed by atoms with Crippen molar-refractivity contribution >= 4 is 28.1 Å². The molecule has 1 aliphatic rings. The van der Waals surface area contributed by atoms with Crippen molar-refractivity contribution in [1.82, 2.24) is 9.97 Å². The molecule has 1 fully saturated rings. The van der Waals surface area contributed by atoms with Gasteiger partial charge in [0.15, 0.2) is 0 Å². The van der Waals surface area contributed by atoms with Gasteiger partial charge >= 0.3 is 0 Å². The van der Waals surface area contributed by atoms with Gasteiger partial charge in [0.1, 0.15) is 18.2 Å². The minimum atomic E-state index is -1.65. The Balaban J connectivity index is 2.08. The van der Waals surface area contributed by atoms with E-state index >= 15 is 0 Å². The van der Waals surface area contributed by atoms with Gasteiger partial charge in [0, 0.05) is 11.8 Å². The number of hydrogen-bond donors (Lipinski definition) is 4. The molecule has 2 aromatic rings. The average Bonchev–Trinajstić information content (AvgIpc) is 2.92. The summed E-state index contributed by atoms with van der Waals surface area (Å²) in [4.78, 5) is 8.44. The topological polar surface area (TPSA) is 122 Å². The molecule has 0 saturated carbocycles. The largest absolute Gasteiger partial charge is 0.394 e. The summed E-state index contributed by atoms with van der Waals surface area (Å²) in [6.45, 7) is -0.357. The Hall–Kier alpha value is -1.32. The van der Waals surface area contributed by atoms with Gasteiger partial charge in [0.25, 0.3) is 0 Å². The molecule has 3 atom stereocenters. The summed E-state index contributed by atoms with van der Waals surface area (Å²) in [5.74, 6) is -1.33. The van der Waals surface area contributed by atoms with Gasteiger partial charge < -0.3 is 25.8 Å². The summed E-state index contributed by atoms with van der Waals surface area (Å²) in [5.41, 5.74) is 6.24. The summed E-state index contributed by atoms with van der Waals surface area (Å²) < 4.78 is 5.37. The molecule has 0 aromatic carbocycles. The van der Waals surface area contributed by atoms with E-state index in [1.54, 1.807) is 5.38 Å². The second-order valence-corrected chi connectivity index (χ2v) is 5.36. The molecule has 0 radical (unpaired) electrons. The Morgan fingerprint density at radius 2 is 2.32 bits per heavy atom. The van der Waals surface area contributed by atoms with Crippen LogP contribution in [0.3, 0.4) is 0 Å². The van der Waals surface area contributed by atoms with Gasteiger partial charge in [-0.05, 0) is 0 Å². The van der Waals surface area contributed by atoms with E-state index in [1.165, 1.54) is 17.7 Å². The fourth-order valence-corrected chi connectivity index (χ4v) is 3.31. The molecule has 102 valence electrons. The SMILES string of the molecule is Nc1ncnc2c(C3(O)CC(O)C(CO)O3)scc12. The van der Waals surface area contributed by atoms with E-state index < -0.39 is 18.0 Å². The Morgan fingerprint density at radius 3 is 3.00 bits per heavy atom. The number of aliphatic hydroxyl groups excluding tert-OH is 2. The van der Waals surface area contributed by atoms with Crippen LogP contribution in [0.1, 0.15) is 11.3 Å². The fraction of sp³-hybridized carbons (Fsp3) is 0.455. The third kappa shape index (κ3) is 1.88. The van der Waals surface area contributed by atoms with Crippen molar-refractivity contribution in [1.29, 1.82) is 0 Å². The van der Waals surface area contributed by atoms with Gasteiger partial charge in [-0.15, -0.1) is 11.3 Å². The predicted octanol–water partition coefficient (Wildman–Crippen LogP) is -0.439. The van der Waals surface area contributed by atoms with E-state index in [0.717, 1.165) is 0 Å². The highest BCUT2D eigenvalue weighted by Gasteiger charge is 2.47. The van der Waals surface area contributed by atoms with Crippen molar-refractivity contribution in [3.63, 3.8) is 0 Å². The van der Waals surface area contributed by atoms with E-state index in [2.05, 4.69) is 9.97 Å². The smallest absolute Gasteiger partial charge is 0.207 e. The molecule has 0 bridgehead atoms. The first-order valence-electron chi connectivity index (χ1n) is 5.72. The highest BCUT2D eigenvalue weighted by Crippen LogP contribution is 2.43. The molecule has 3 unspecified atom stereocenters. The number of hydrogen-bond acceptors (Lipinski definition) is 8. The third-order valence-electron chi connectivity index (χ3n) is 3.22. The molecule has 0 amide bonds. The van der Waals surface area contributed by atoms with Crippen LogP contribution >= 0.6 is 11.3 Å². The van der Waals surface area contributed by atoms with Crippen LogP contribution in [-0.4, -0.2) is 44.1 Å². The molecule has 1 saturated heterocycles. The van der Waals surface area contributed by atoms with Crippen LogP contribution in [-0.2, 0) is 10.5 Å². The molecule has 3 rings (SSSR count). The Morgan fingerprint density at radius 1 is 1.53 bits per heavy atom. The lowest BCUT2D eigenvalue weighted by Crippen LogP contribution is -2.27. The molecule has 2 aromatic heterocycles. The van der Waals surface area contributed by atoms with Crippen molar-refractivity contribution < 1.29 is 20.1 Å². The molecule has 0 spiro atoms. The minimum Gasteiger partial charge on any atom is -0.394 e. The number of nitrogen functional groups attached to an aromatic ring is 1. The van der Waals surface area contributed by atoms with Gasteiger partial charge in [0.05, 0.1) is 28.5 Å². The lowest BCUT2D eigenvalue weighted by atomic mass is 10.1. The van der Waals surface area contributed by atoms with Crippen molar-refractivity contribution in [2.24, 2.45) is 0 Å². The second-order valence-electron chi connectivity index (χ2n) is 4.48. The highest BCUT2D eigenvalue weighted by atomic mass is 32.1. The van der Waals surface area contributed by atoms with Gasteiger partial charge in [-0.3, -0.25) is 0 Å². The number of fused-ring (bicyclic) bond motifs is 1. The molecular weight excluding hydrogens is 270 g/mol. The normalized spacial score (nSPS) is 31.1. The van der Waals surface area contributed by atoms with Gasteiger partial charge in [-0.1, -0.05) is 0 Å². The minimum absolute atomic E-state index is 0.0161. The summed E-state index contributed by atoms with van der Waals surface area (Å²) in [6, 6.07) is 0. The molecular formula is C11H13N3O4S. The first-order valence-corrected chi connectivity index (χ1v) is 6.60. The fourth-order valence-electron chi connectivity index (χ4n) is 2.25. The van der Waals surface area contributed by atoms with E-state index in [0.29, 0.717) is 21.6 Å². The van der Waals surface area contributed by atoms with Crippen molar-refractivity contribution in [3.05, 3.63) is 16.6 Å². The Labute approximate surface area is 112 Å². The number of aliphatic hydroxyl groups is 3. The number of anilines is 1. The van der Waals surface area contributed by atoms with E-state index in [1.807, 2.05) is 0 Å². The van der Waals surface area contributed by atoms with Crippen LogP contribution in [0, 0.1) is 0 Å². The van der Waals surface area contributed by atoms with Gasteiger partial charge in [-0.2, -0.15) is 0 Å². The van der Waals surface area contributed by atoms with Gasteiger partial charge in [0.2, 0.25) is 5.79 Å². The second kappa shape index (κ2) is 4.36. The summed E-state index contributed by atoms with van der Waals surface area (Å²) in [6.07, 6.45) is -0.433. The number of nitrogens with zero attached hydrogens (tertiary/aromatic N) is 2. The summed E-state index contributed by atoms with van der Waals surface area (Å²) >= 11 is 1.24. The number of nitrogens with two attached hydrogens (primary N) is 1. The summed E-state index contributed by atoms with van der Waals surface area (Å²) in [5, 5.41) is 31.7. The molecule has 8 heteroatoms. The molecule has 19 heavy (non-hydrogen) atoms. The predicted molar refractivity (Wildman–Crippen MR) is 68.3 cm³/mol. The van der Waals surface area contributed by atoms with Crippen LogP contribution < -0.4 is 5.73 Å². The van der Waals surface area contributed by atoms with Crippen molar-refractivity contribution in [3.8, 4) is 0 Å². The zero-order valence-electron chi connectivity index (χ0n) is 9.85. The average molecular weight is 283 g/mol. The molecule has 5 N–H and O–H groups in total. The Bertz CT molecular complexity index is 619. The molecule has 1 aliphatic heterocycles. The number of aromatic nitrogens is 2. The van der Waals surface area contributed by atoms with Crippen LogP contribution in [0.4, 0.5) is 5.82 Å². The lowest BCUT2D eigenvalue weighted by molar-refractivity contribution is -0.203. The monoisotopic (exact) mass is 283 g/mol. The maximum absolute atomic E-state index is 10.5. The summed E-state index contributed by atoms with van der Waals surface area (Å²) in [7, 11) is 0. The molecule has 7 nitrogen and oxygen atoms in total. The van der Waals surface area contributed by atoms with E-state index in [-0.39, 0.29) is 13.0 Å². The maximum Gasteiger partial charge on any atom is 0.207 e. The first kappa shape index (κ1) is 12.7. The number of thiophene rings is 1. The standard InChI is InChI=1S/C11H13N3O4S/c12-10-5-3-19-9(8(5)13-4-14-10)11(17)1-6(16)7(2-15)18-11/h3-4,6-7,15-17H,1-2H2,(H2,12,13,14). The van der Waals surface area contributed by atoms with Crippen LogP contribution in [0.25, 0.3) is 10.9 Å². The van der Waals surface area contributed by atoms with Crippen LogP contribution in [0.5, 0.6) is 0 Å². The number of ether oxygens (including phenoxy) is 1. The number of rotatable bonds is 2. The van der Waals surface area contributed by atoms with E-state index in [9.17, 15) is 10.2 Å². The zero-order valence-corrected chi connectivity index (χ0v) is 10.7. The van der Waals surface area contributed by atoms with Crippen LogP contribution in [0.15, 0.2) is 11.7 Å². The van der Waals surface area contributed by atoms with Gasteiger partial charge in [-0.25, -0.2) is 9.97 Å². The van der Waals surface area contributed by atoms with Crippen molar-refractivity contribution in [2.75, 3.05) is 12.3 Å². The first-order chi connectivity index (χ1) is 9.05. The zero-order chi connectivity index (χ0) is 13.6. The van der Waals surface area contributed by atoms with Crippen LogP contribution in [0.2, 0.25) is 0 Å². The quantitative estimate of drug-likeness (QED) is 0.589. The molecule has 0 aliphatic carbocycles. The highest BCUT2D eigenvalue weighted by molar-refractivity contribution is 7.11. The third-order valence-corrected chi connectivity index (χ3v) is 4.32.